The van der Waals surface area contributed by atoms with Crippen LogP contribution in [0.3, 0.4) is 0 Å². The van der Waals surface area contributed by atoms with Gasteiger partial charge in [0, 0.05) is 12.1 Å². The zero-order valence-electron chi connectivity index (χ0n) is 12.7. The number of rotatable bonds is 3. The highest BCUT2D eigenvalue weighted by molar-refractivity contribution is 5.94. The monoisotopic (exact) mass is 275 g/mol. The number of nitrogens with one attached hydrogen (secondary N) is 1. The van der Waals surface area contributed by atoms with E-state index >= 15 is 0 Å². The van der Waals surface area contributed by atoms with Crippen molar-refractivity contribution in [1.29, 1.82) is 0 Å². The average Bonchev–Trinajstić information content (AvgIpc) is 2.34. The van der Waals surface area contributed by atoms with E-state index in [2.05, 4.69) is 12.2 Å². The van der Waals surface area contributed by atoms with E-state index in [1.54, 1.807) is 0 Å². The van der Waals surface area contributed by atoms with Gasteiger partial charge in [-0.3, -0.25) is 4.79 Å². The van der Waals surface area contributed by atoms with Crippen LogP contribution in [0.2, 0.25) is 0 Å². The van der Waals surface area contributed by atoms with Gasteiger partial charge in [0.25, 0.3) is 5.91 Å². The Labute approximate surface area is 121 Å². The molecule has 0 heterocycles. The third-order valence-electron chi connectivity index (χ3n) is 4.13. The van der Waals surface area contributed by atoms with Crippen LogP contribution in [0.25, 0.3) is 0 Å². The number of aryl methyl sites for hydroxylation is 2. The smallest absolute Gasteiger partial charge is 0.251 e. The first-order chi connectivity index (χ1) is 9.38. The second-order valence-corrected chi connectivity index (χ2v) is 6.48. The van der Waals surface area contributed by atoms with Crippen molar-refractivity contribution in [2.45, 2.75) is 52.1 Å². The van der Waals surface area contributed by atoms with Crippen LogP contribution < -0.4 is 5.32 Å². The van der Waals surface area contributed by atoms with Crippen molar-refractivity contribution in [3.63, 3.8) is 0 Å². The van der Waals surface area contributed by atoms with E-state index in [-0.39, 0.29) is 5.91 Å². The topological polar surface area (TPSA) is 49.3 Å². The summed E-state index contributed by atoms with van der Waals surface area (Å²) < 4.78 is 0. The summed E-state index contributed by atoms with van der Waals surface area (Å²) in [4.78, 5) is 12.2. The van der Waals surface area contributed by atoms with Crippen LogP contribution in [0.4, 0.5) is 0 Å². The Hall–Kier alpha value is -1.35. The van der Waals surface area contributed by atoms with Crippen molar-refractivity contribution in [3.8, 4) is 0 Å². The van der Waals surface area contributed by atoms with Gasteiger partial charge < -0.3 is 10.4 Å². The number of aliphatic hydroxyl groups is 1. The quantitative estimate of drug-likeness (QED) is 0.891. The molecule has 0 saturated heterocycles. The zero-order valence-corrected chi connectivity index (χ0v) is 12.7. The molecule has 1 aromatic rings. The lowest BCUT2D eigenvalue weighted by molar-refractivity contribution is -0.0109. The number of carbonyl (C=O) groups is 1. The summed E-state index contributed by atoms with van der Waals surface area (Å²) >= 11 is 0. The van der Waals surface area contributed by atoms with Gasteiger partial charge in [0.15, 0.2) is 0 Å². The molecule has 0 aromatic heterocycles. The Morgan fingerprint density at radius 3 is 2.60 bits per heavy atom. The Morgan fingerprint density at radius 2 is 2.00 bits per heavy atom. The highest BCUT2D eigenvalue weighted by Gasteiger charge is 2.32. The fourth-order valence-electron chi connectivity index (χ4n) is 3.25. The fourth-order valence-corrected chi connectivity index (χ4v) is 3.25. The van der Waals surface area contributed by atoms with E-state index in [0.717, 1.165) is 30.4 Å². The number of hydrogen-bond acceptors (Lipinski definition) is 2. The lowest BCUT2D eigenvalue weighted by Gasteiger charge is -2.35. The van der Waals surface area contributed by atoms with Crippen LogP contribution >= 0.6 is 0 Å². The molecule has 2 N–H and O–H groups in total. The Kier molecular flexibility index (Phi) is 4.48. The molecule has 3 nitrogen and oxygen atoms in total. The average molecular weight is 275 g/mol. The van der Waals surface area contributed by atoms with Gasteiger partial charge in [0.1, 0.15) is 0 Å². The van der Waals surface area contributed by atoms with Crippen molar-refractivity contribution < 1.29 is 9.90 Å². The third kappa shape index (κ3) is 3.83. The molecule has 0 aliphatic heterocycles. The van der Waals surface area contributed by atoms with Gasteiger partial charge >= 0.3 is 0 Å². The van der Waals surface area contributed by atoms with Gasteiger partial charge in [0.2, 0.25) is 0 Å². The van der Waals surface area contributed by atoms with Crippen LogP contribution in [0.15, 0.2) is 18.2 Å². The molecular weight excluding hydrogens is 250 g/mol. The van der Waals surface area contributed by atoms with Crippen LogP contribution in [0.5, 0.6) is 0 Å². The lowest BCUT2D eigenvalue weighted by atomic mass is 9.79. The molecule has 1 aromatic carbocycles. The maximum atomic E-state index is 12.2. The lowest BCUT2D eigenvalue weighted by Crippen LogP contribution is -2.45. The summed E-state index contributed by atoms with van der Waals surface area (Å²) in [6, 6.07) is 5.82. The van der Waals surface area contributed by atoms with Gasteiger partial charge in [-0.2, -0.15) is 0 Å². The molecular formula is C17H25NO2. The molecule has 0 bridgehead atoms. The molecule has 2 rings (SSSR count). The van der Waals surface area contributed by atoms with Gasteiger partial charge in [-0.05, 0) is 44.7 Å². The molecule has 1 aliphatic carbocycles. The molecule has 2 atom stereocenters. The van der Waals surface area contributed by atoms with Gasteiger partial charge in [-0.1, -0.05) is 37.0 Å². The second-order valence-electron chi connectivity index (χ2n) is 6.48. The van der Waals surface area contributed by atoms with Crippen molar-refractivity contribution in [3.05, 3.63) is 34.9 Å². The minimum absolute atomic E-state index is 0.0940. The first kappa shape index (κ1) is 15.0. The summed E-state index contributed by atoms with van der Waals surface area (Å²) in [5, 5.41) is 13.4. The minimum atomic E-state index is -0.730. The molecule has 3 heteroatoms. The van der Waals surface area contributed by atoms with Crippen molar-refractivity contribution in [2.75, 3.05) is 6.54 Å². The van der Waals surface area contributed by atoms with Gasteiger partial charge in [-0.25, -0.2) is 0 Å². The van der Waals surface area contributed by atoms with E-state index in [0.29, 0.717) is 18.0 Å². The Balaban J connectivity index is 1.98. The van der Waals surface area contributed by atoms with E-state index in [1.165, 1.54) is 6.42 Å². The summed E-state index contributed by atoms with van der Waals surface area (Å²) in [6.07, 6.45) is 3.77. The summed E-state index contributed by atoms with van der Waals surface area (Å²) in [7, 11) is 0. The van der Waals surface area contributed by atoms with Crippen molar-refractivity contribution in [2.24, 2.45) is 5.92 Å². The van der Waals surface area contributed by atoms with Crippen LogP contribution in [-0.4, -0.2) is 23.2 Å². The molecule has 2 unspecified atom stereocenters. The standard InChI is InChI=1S/C17H25NO2/c1-12-5-4-6-17(20,10-12)11-18-16(19)15-8-13(2)7-14(3)9-15/h7-9,12,20H,4-6,10-11H2,1-3H3,(H,18,19). The molecule has 1 aliphatic rings. The molecule has 110 valence electrons. The first-order valence-corrected chi connectivity index (χ1v) is 7.47. The fraction of sp³-hybridized carbons (Fsp3) is 0.588. The first-order valence-electron chi connectivity index (χ1n) is 7.47. The van der Waals surface area contributed by atoms with Gasteiger partial charge in [-0.15, -0.1) is 0 Å². The third-order valence-corrected chi connectivity index (χ3v) is 4.13. The number of amides is 1. The second kappa shape index (κ2) is 5.96. The van der Waals surface area contributed by atoms with Crippen molar-refractivity contribution >= 4 is 5.91 Å². The number of hydrogen-bond donors (Lipinski definition) is 2. The Morgan fingerprint density at radius 1 is 1.35 bits per heavy atom. The molecule has 0 spiro atoms. The molecule has 1 saturated carbocycles. The highest BCUT2D eigenvalue weighted by Crippen LogP contribution is 2.31. The van der Waals surface area contributed by atoms with Gasteiger partial charge in [0.05, 0.1) is 5.60 Å². The normalized spacial score (nSPS) is 26.3. The number of benzene rings is 1. The molecule has 20 heavy (non-hydrogen) atoms. The SMILES string of the molecule is Cc1cc(C)cc(C(=O)NCC2(O)CCCC(C)C2)c1. The summed E-state index contributed by atoms with van der Waals surface area (Å²) in [5.74, 6) is 0.440. The molecule has 1 amide bonds. The minimum Gasteiger partial charge on any atom is -0.388 e. The van der Waals surface area contributed by atoms with Crippen LogP contribution in [0.1, 0.15) is 54.1 Å². The Bertz CT molecular complexity index is 478. The number of carbonyl (C=O) groups excluding carboxylic acids is 1. The molecule has 1 fully saturated rings. The van der Waals surface area contributed by atoms with E-state index < -0.39 is 5.60 Å². The predicted molar refractivity (Wildman–Crippen MR) is 80.8 cm³/mol. The zero-order chi connectivity index (χ0) is 14.8. The van der Waals surface area contributed by atoms with E-state index in [1.807, 2.05) is 32.0 Å². The predicted octanol–water partition coefficient (Wildman–Crippen LogP) is 2.97. The summed E-state index contributed by atoms with van der Waals surface area (Å²) in [5.41, 5.74) is 2.11. The molecule has 0 radical (unpaired) electrons. The maximum Gasteiger partial charge on any atom is 0.251 e. The van der Waals surface area contributed by atoms with Crippen LogP contribution in [0, 0.1) is 19.8 Å². The highest BCUT2D eigenvalue weighted by atomic mass is 16.3. The maximum absolute atomic E-state index is 12.2. The van der Waals surface area contributed by atoms with Crippen molar-refractivity contribution in [1.82, 2.24) is 5.32 Å². The van der Waals surface area contributed by atoms with E-state index in [4.69, 9.17) is 0 Å². The van der Waals surface area contributed by atoms with Crippen LogP contribution in [-0.2, 0) is 0 Å². The van der Waals surface area contributed by atoms with E-state index in [9.17, 15) is 9.90 Å². The summed E-state index contributed by atoms with van der Waals surface area (Å²) in [6.45, 7) is 6.49. The largest absolute Gasteiger partial charge is 0.388 e.